The number of anilines is 1. The second kappa shape index (κ2) is 8.17. The van der Waals surface area contributed by atoms with Crippen LogP contribution in [0.1, 0.15) is 26.2 Å². The maximum Gasteiger partial charge on any atom is 0.178 e. The average Bonchev–Trinajstić information content (AvgIpc) is 2.43. The zero-order valence-electron chi connectivity index (χ0n) is 11.7. The van der Waals surface area contributed by atoms with Crippen LogP contribution in [0.2, 0.25) is 0 Å². The van der Waals surface area contributed by atoms with E-state index in [9.17, 15) is 8.42 Å². The SMILES string of the molecule is CCS(=O)(=O)c1ccc(NCCCCCOC)cc1. The Bertz CT molecular complexity index is 454. The zero-order valence-corrected chi connectivity index (χ0v) is 12.5. The molecule has 0 bridgehead atoms. The van der Waals surface area contributed by atoms with Crippen molar-refractivity contribution in [2.75, 3.05) is 31.3 Å². The van der Waals surface area contributed by atoms with Gasteiger partial charge in [-0.25, -0.2) is 8.42 Å². The van der Waals surface area contributed by atoms with Gasteiger partial charge in [0.1, 0.15) is 0 Å². The van der Waals surface area contributed by atoms with Gasteiger partial charge in [0.05, 0.1) is 10.6 Å². The van der Waals surface area contributed by atoms with Gasteiger partial charge >= 0.3 is 0 Å². The van der Waals surface area contributed by atoms with Crippen molar-refractivity contribution < 1.29 is 13.2 Å². The molecule has 108 valence electrons. The molecule has 0 aliphatic rings. The van der Waals surface area contributed by atoms with E-state index < -0.39 is 9.84 Å². The van der Waals surface area contributed by atoms with E-state index in [4.69, 9.17) is 4.74 Å². The van der Waals surface area contributed by atoms with E-state index in [0.29, 0.717) is 4.90 Å². The molecule has 0 atom stereocenters. The van der Waals surface area contributed by atoms with Crippen LogP contribution in [0.4, 0.5) is 5.69 Å². The fourth-order valence-corrected chi connectivity index (χ4v) is 2.61. The molecule has 0 unspecified atom stereocenters. The smallest absolute Gasteiger partial charge is 0.178 e. The predicted octanol–water partition coefficient (Wildman–Crippen LogP) is 2.71. The molecule has 1 rings (SSSR count). The molecule has 4 nitrogen and oxygen atoms in total. The Balaban J connectivity index is 2.37. The summed E-state index contributed by atoms with van der Waals surface area (Å²) in [6, 6.07) is 6.95. The number of hydrogen-bond donors (Lipinski definition) is 1. The van der Waals surface area contributed by atoms with E-state index in [0.717, 1.165) is 38.1 Å². The second-order valence-corrected chi connectivity index (χ2v) is 6.69. The summed E-state index contributed by atoms with van der Waals surface area (Å²) in [5.74, 6) is 0.138. The van der Waals surface area contributed by atoms with Gasteiger partial charge in [-0.05, 0) is 43.5 Å². The van der Waals surface area contributed by atoms with E-state index in [1.54, 1.807) is 26.2 Å². The molecule has 5 heteroatoms. The van der Waals surface area contributed by atoms with Crippen LogP contribution in [-0.4, -0.2) is 34.4 Å². The maximum atomic E-state index is 11.6. The number of unbranched alkanes of at least 4 members (excludes halogenated alkanes) is 2. The van der Waals surface area contributed by atoms with Crippen molar-refractivity contribution in [1.29, 1.82) is 0 Å². The van der Waals surface area contributed by atoms with Gasteiger partial charge in [-0.15, -0.1) is 0 Å². The highest BCUT2D eigenvalue weighted by atomic mass is 32.2. The molecule has 0 aliphatic carbocycles. The fraction of sp³-hybridized carbons (Fsp3) is 0.571. The van der Waals surface area contributed by atoms with Gasteiger partial charge in [-0.3, -0.25) is 0 Å². The first-order valence-corrected chi connectivity index (χ1v) is 8.31. The molecule has 0 spiro atoms. The molecule has 0 radical (unpaired) electrons. The summed E-state index contributed by atoms with van der Waals surface area (Å²) >= 11 is 0. The van der Waals surface area contributed by atoms with Crippen molar-refractivity contribution in [3.05, 3.63) is 24.3 Å². The number of benzene rings is 1. The van der Waals surface area contributed by atoms with Crippen LogP contribution in [0.3, 0.4) is 0 Å². The molecular weight excluding hydrogens is 262 g/mol. The first-order valence-electron chi connectivity index (χ1n) is 6.66. The van der Waals surface area contributed by atoms with Gasteiger partial charge in [-0.2, -0.15) is 0 Å². The Hall–Kier alpha value is -1.07. The van der Waals surface area contributed by atoms with Crippen molar-refractivity contribution in [2.24, 2.45) is 0 Å². The highest BCUT2D eigenvalue weighted by molar-refractivity contribution is 7.91. The molecule has 0 heterocycles. The Morgan fingerprint density at radius 3 is 2.37 bits per heavy atom. The van der Waals surface area contributed by atoms with Crippen molar-refractivity contribution >= 4 is 15.5 Å². The zero-order chi connectivity index (χ0) is 14.1. The molecule has 0 aromatic heterocycles. The van der Waals surface area contributed by atoms with Crippen molar-refractivity contribution in [3.8, 4) is 0 Å². The van der Waals surface area contributed by atoms with Gasteiger partial charge in [0.15, 0.2) is 9.84 Å². The summed E-state index contributed by atoms with van der Waals surface area (Å²) in [7, 11) is -1.38. The summed E-state index contributed by atoms with van der Waals surface area (Å²) in [6.45, 7) is 3.36. The van der Waals surface area contributed by atoms with Crippen LogP contribution in [0.5, 0.6) is 0 Å². The third-order valence-corrected chi connectivity index (χ3v) is 4.70. The third-order valence-electron chi connectivity index (χ3n) is 2.95. The van der Waals surface area contributed by atoms with Crippen molar-refractivity contribution in [1.82, 2.24) is 0 Å². The van der Waals surface area contributed by atoms with Crippen LogP contribution < -0.4 is 5.32 Å². The number of methoxy groups -OCH3 is 1. The second-order valence-electron chi connectivity index (χ2n) is 4.41. The Morgan fingerprint density at radius 1 is 1.11 bits per heavy atom. The fourth-order valence-electron chi connectivity index (χ4n) is 1.73. The Kier molecular flexibility index (Phi) is 6.87. The molecule has 0 amide bonds. The summed E-state index contributed by atoms with van der Waals surface area (Å²) < 4.78 is 28.3. The lowest BCUT2D eigenvalue weighted by molar-refractivity contribution is 0.192. The number of rotatable bonds is 9. The molecule has 0 fully saturated rings. The Morgan fingerprint density at radius 2 is 1.79 bits per heavy atom. The lowest BCUT2D eigenvalue weighted by Gasteiger charge is -2.07. The highest BCUT2D eigenvalue weighted by Crippen LogP contribution is 2.15. The number of sulfone groups is 1. The largest absolute Gasteiger partial charge is 0.385 e. The van der Waals surface area contributed by atoms with Gasteiger partial charge in [0.25, 0.3) is 0 Å². The average molecular weight is 285 g/mol. The van der Waals surface area contributed by atoms with E-state index in [1.807, 2.05) is 12.1 Å². The predicted molar refractivity (Wildman–Crippen MR) is 78.4 cm³/mol. The van der Waals surface area contributed by atoms with Crippen LogP contribution >= 0.6 is 0 Å². The standard InChI is InChI=1S/C14H23NO3S/c1-3-19(16,17)14-9-7-13(8-10-14)15-11-5-4-6-12-18-2/h7-10,15H,3-6,11-12H2,1-2H3. The van der Waals surface area contributed by atoms with Crippen LogP contribution in [0.25, 0.3) is 0 Å². The lowest BCUT2D eigenvalue weighted by atomic mass is 10.2. The number of ether oxygens (including phenoxy) is 1. The topological polar surface area (TPSA) is 55.4 Å². The molecule has 0 saturated carbocycles. The van der Waals surface area contributed by atoms with Crippen molar-refractivity contribution in [2.45, 2.75) is 31.1 Å². The number of nitrogens with one attached hydrogen (secondary N) is 1. The van der Waals surface area contributed by atoms with Crippen LogP contribution in [0.15, 0.2) is 29.2 Å². The highest BCUT2D eigenvalue weighted by Gasteiger charge is 2.10. The molecule has 0 saturated heterocycles. The lowest BCUT2D eigenvalue weighted by Crippen LogP contribution is -2.05. The van der Waals surface area contributed by atoms with E-state index in [-0.39, 0.29) is 5.75 Å². The molecule has 1 N–H and O–H groups in total. The van der Waals surface area contributed by atoms with E-state index in [2.05, 4.69) is 5.32 Å². The normalized spacial score (nSPS) is 11.5. The molecule has 1 aromatic carbocycles. The van der Waals surface area contributed by atoms with Crippen LogP contribution in [0, 0.1) is 0 Å². The summed E-state index contributed by atoms with van der Waals surface area (Å²) in [4.78, 5) is 0.389. The monoisotopic (exact) mass is 285 g/mol. The first-order chi connectivity index (χ1) is 9.10. The van der Waals surface area contributed by atoms with Gasteiger partial charge < -0.3 is 10.1 Å². The minimum absolute atomic E-state index is 0.138. The van der Waals surface area contributed by atoms with Crippen LogP contribution in [-0.2, 0) is 14.6 Å². The minimum Gasteiger partial charge on any atom is -0.385 e. The summed E-state index contributed by atoms with van der Waals surface area (Å²) in [5.41, 5.74) is 0.960. The molecule has 1 aromatic rings. The van der Waals surface area contributed by atoms with Gasteiger partial charge in [-0.1, -0.05) is 6.92 Å². The summed E-state index contributed by atoms with van der Waals surface area (Å²) in [6.07, 6.45) is 3.29. The molecule has 0 aliphatic heterocycles. The third kappa shape index (κ3) is 5.61. The summed E-state index contributed by atoms with van der Waals surface area (Å²) in [5, 5.41) is 3.28. The Labute approximate surface area is 116 Å². The van der Waals surface area contributed by atoms with Gasteiger partial charge in [0.2, 0.25) is 0 Å². The molecular formula is C14H23NO3S. The first kappa shape index (κ1) is 16.0. The van der Waals surface area contributed by atoms with Gasteiger partial charge in [0, 0.05) is 25.9 Å². The van der Waals surface area contributed by atoms with E-state index in [1.165, 1.54) is 0 Å². The number of hydrogen-bond acceptors (Lipinski definition) is 4. The minimum atomic E-state index is -3.09. The van der Waals surface area contributed by atoms with E-state index >= 15 is 0 Å². The quantitative estimate of drug-likeness (QED) is 0.709. The van der Waals surface area contributed by atoms with Crippen molar-refractivity contribution in [3.63, 3.8) is 0 Å². The molecule has 19 heavy (non-hydrogen) atoms. The maximum absolute atomic E-state index is 11.6.